The van der Waals surface area contributed by atoms with E-state index in [-0.39, 0.29) is 5.91 Å². The molecule has 4 nitrogen and oxygen atoms in total. The highest BCUT2D eigenvalue weighted by Crippen LogP contribution is 2.18. The SMILES string of the molecule is C=CCOc1ccccc1C(=O)NN=C(CCC)c1ccccc1. The van der Waals surface area contributed by atoms with Crippen LogP contribution in [-0.4, -0.2) is 18.2 Å². The second-order valence-electron chi connectivity index (χ2n) is 5.21. The second-order valence-corrected chi connectivity index (χ2v) is 5.21. The molecule has 4 heteroatoms. The third kappa shape index (κ3) is 4.81. The largest absolute Gasteiger partial charge is 0.489 e. The Hall–Kier alpha value is -2.88. The van der Waals surface area contributed by atoms with E-state index in [4.69, 9.17) is 4.74 Å². The van der Waals surface area contributed by atoms with Crippen molar-refractivity contribution in [3.63, 3.8) is 0 Å². The monoisotopic (exact) mass is 322 g/mol. The fourth-order valence-electron chi connectivity index (χ4n) is 2.24. The average Bonchev–Trinajstić information content (AvgIpc) is 2.64. The fourth-order valence-corrected chi connectivity index (χ4v) is 2.24. The van der Waals surface area contributed by atoms with Crippen LogP contribution in [0.2, 0.25) is 0 Å². The molecule has 1 N–H and O–H groups in total. The molecular weight excluding hydrogens is 300 g/mol. The van der Waals surface area contributed by atoms with E-state index in [0.29, 0.717) is 17.9 Å². The lowest BCUT2D eigenvalue weighted by molar-refractivity contribution is 0.0951. The van der Waals surface area contributed by atoms with Gasteiger partial charge < -0.3 is 4.74 Å². The molecule has 1 amide bonds. The Morgan fingerprint density at radius 1 is 1.17 bits per heavy atom. The molecule has 0 bridgehead atoms. The molecule has 0 radical (unpaired) electrons. The Morgan fingerprint density at radius 2 is 1.88 bits per heavy atom. The van der Waals surface area contributed by atoms with Crippen LogP contribution in [0.3, 0.4) is 0 Å². The zero-order valence-electron chi connectivity index (χ0n) is 13.9. The molecule has 0 saturated carbocycles. The number of para-hydroxylation sites is 1. The number of nitrogens with one attached hydrogen (secondary N) is 1. The van der Waals surface area contributed by atoms with E-state index in [0.717, 1.165) is 24.1 Å². The van der Waals surface area contributed by atoms with E-state index in [1.807, 2.05) is 36.4 Å². The Morgan fingerprint density at radius 3 is 2.58 bits per heavy atom. The fraction of sp³-hybridized carbons (Fsp3) is 0.200. The quantitative estimate of drug-likeness (QED) is 0.450. The highest BCUT2D eigenvalue weighted by Gasteiger charge is 2.12. The number of rotatable bonds is 8. The summed E-state index contributed by atoms with van der Waals surface area (Å²) < 4.78 is 5.52. The zero-order valence-corrected chi connectivity index (χ0v) is 13.9. The number of ether oxygens (including phenoxy) is 1. The summed E-state index contributed by atoms with van der Waals surface area (Å²) in [4.78, 5) is 12.4. The van der Waals surface area contributed by atoms with Gasteiger partial charge in [0.25, 0.3) is 5.91 Å². The number of hydrogen-bond donors (Lipinski definition) is 1. The molecule has 0 fully saturated rings. The van der Waals surface area contributed by atoms with Crippen LogP contribution in [0, 0.1) is 0 Å². The van der Waals surface area contributed by atoms with Crippen molar-refractivity contribution in [1.29, 1.82) is 0 Å². The average molecular weight is 322 g/mol. The van der Waals surface area contributed by atoms with Crippen molar-refractivity contribution in [2.75, 3.05) is 6.61 Å². The first-order chi connectivity index (χ1) is 11.8. The van der Waals surface area contributed by atoms with Crippen LogP contribution in [0.15, 0.2) is 72.4 Å². The smallest absolute Gasteiger partial charge is 0.275 e. The normalized spacial score (nSPS) is 11.0. The van der Waals surface area contributed by atoms with Gasteiger partial charge in [-0.15, -0.1) is 0 Å². The highest BCUT2D eigenvalue weighted by molar-refractivity contribution is 6.02. The van der Waals surface area contributed by atoms with E-state index in [9.17, 15) is 4.79 Å². The Bertz CT molecular complexity index is 709. The van der Waals surface area contributed by atoms with Crippen LogP contribution in [0.25, 0.3) is 0 Å². The van der Waals surface area contributed by atoms with Gasteiger partial charge in [0, 0.05) is 0 Å². The third-order valence-corrected chi connectivity index (χ3v) is 3.37. The number of carbonyl (C=O) groups excluding carboxylic acids is 1. The number of benzene rings is 2. The molecule has 0 aliphatic carbocycles. The van der Waals surface area contributed by atoms with Gasteiger partial charge in [-0.3, -0.25) is 4.79 Å². The molecule has 0 aliphatic rings. The molecule has 0 saturated heterocycles. The number of hydrogen-bond acceptors (Lipinski definition) is 3. The molecule has 0 aliphatic heterocycles. The van der Waals surface area contributed by atoms with E-state index in [1.54, 1.807) is 24.3 Å². The topological polar surface area (TPSA) is 50.7 Å². The maximum atomic E-state index is 12.4. The summed E-state index contributed by atoms with van der Waals surface area (Å²) in [5.74, 6) is 0.223. The van der Waals surface area contributed by atoms with Crippen LogP contribution in [0.1, 0.15) is 35.7 Å². The summed E-state index contributed by atoms with van der Waals surface area (Å²) >= 11 is 0. The molecule has 124 valence electrons. The van der Waals surface area contributed by atoms with Gasteiger partial charge in [-0.25, -0.2) is 5.43 Å². The van der Waals surface area contributed by atoms with Crippen molar-refractivity contribution in [1.82, 2.24) is 5.43 Å². The van der Waals surface area contributed by atoms with Gasteiger partial charge in [-0.2, -0.15) is 5.10 Å². The predicted octanol–water partition coefficient (Wildman–Crippen LogP) is 4.19. The number of carbonyl (C=O) groups is 1. The first kappa shape index (κ1) is 17.5. The van der Waals surface area contributed by atoms with Crippen molar-refractivity contribution in [3.8, 4) is 5.75 Å². The third-order valence-electron chi connectivity index (χ3n) is 3.37. The Labute approximate surface area is 142 Å². The molecular formula is C20H22N2O2. The molecule has 0 unspecified atom stereocenters. The standard InChI is InChI=1S/C20H22N2O2/c1-3-10-18(16-11-6-5-7-12-16)21-22-20(23)17-13-8-9-14-19(17)24-15-4-2/h4-9,11-14H,2-3,10,15H2,1H3,(H,22,23). The maximum absolute atomic E-state index is 12.4. The van der Waals surface area contributed by atoms with Crippen LogP contribution in [-0.2, 0) is 0 Å². The summed E-state index contributed by atoms with van der Waals surface area (Å²) in [5.41, 5.74) is 4.96. The summed E-state index contributed by atoms with van der Waals surface area (Å²) in [5, 5.41) is 4.32. The molecule has 24 heavy (non-hydrogen) atoms. The maximum Gasteiger partial charge on any atom is 0.275 e. The van der Waals surface area contributed by atoms with Crippen molar-refractivity contribution in [2.24, 2.45) is 5.10 Å². The summed E-state index contributed by atoms with van der Waals surface area (Å²) in [6, 6.07) is 16.9. The lowest BCUT2D eigenvalue weighted by Gasteiger charge is -2.10. The van der Waals surface area contributed by atoms with E-state index in [1.165, 1.54) is 0 Å². The minimum Gasteiger partial charge on any atom is -0.489 e. The van der Waals surface area contributed by atoms with Gasteiger partial charge in [0.15, 0.2) is 0 Å². The van der Waals surface area contributed by atoms with Crippen LogP contribution < -0.4 is 10.2 Å². The van der Waals surface area contributed by atoms with Gasteiger partial charge >= 0.3 is 0 Å². The van der Waals surface area contributed by atoms with Crippen molar-refractivity contribution < 1.29 is 9.53 Å². The van der Waals surface area contributed by atoms with Gasteiger partial charge in [-0.05, 0) is 24.1 Å². The minimum atomic E-state index is -0.292. The number of nitrogens with zero attached hydrogens (tertiary/aromatic N) is 1. The summed E-state index contributed by atoms with van der Waals surface area (Å²) in [6.45, 7) is 6.04. The first-order valence-corrected chi connectivity index (χ1v) is 8.01. The highest BCUT2D eigenvalue weighted by atomic mass is 16.5. The van der Waals surface area contributed by atoms with Crippen LogP contribution >= 0.6 is 0 Å². The van der Waals surface area contributed by atoms with Gasteiger partial charge in [-0.1, -0.05) is 68.5 Å². The minimum absolute atomic E-state index is 0.292. The zero-order chi connectivity index (χ0) is 17.2. The molecule has 0 spiro atoms. The van der Waals surface area contributed by atoms with E-state index in [2.05, 4.69) is 24.0 Å². The number of amides is 1. The van der Waals surface area contributed by atoms with Gasteiger partial charge in [0.05, 0.1) is 11.3 Å². The van der Waals surface area contributed by atoms with E-state index < -0.39 is 0 Å². The molecule has 2 aromatic rings. The van der Waals surface area contributed by atoms with E-state index >= 15 is 0 Å². The van der Waals surface area contributed by atoms with Crippen molar-refractivity contribution >= 4 is 11.6 Å². The molecule has 2 rings (SSSR count). The van der Waals surface area contributed by atoms with Gasteiger partial charge in [0.2, 0.25) is 0 Å². The predicted molar refractivity (Wildman–Crippen MR) is 97.5 cm³/mol. The molecule has 0 atom stereocenters. The van der Waals surface area contributed by atoms with Gasteiger partial charge in [0.1, 0.15) is 12.4 Å². The van der Waals surface area contributed by atoms with Crippen molar-refractivity contribution in [3.05, 3.63) is 78.4 Å². The first-order valence-electron chi connectivity index (χ1n) is 8.01. The van der Waals surface area contributed by atoms with Crippen LogP contribution in [0.5, 0.6) is 5.75 Å². The lowest BCUT2D eigenvalue weighted by atomic mass is 10.1. The molecule has 2 aromatic carbocycles. The Kier molecular flexibility index (Phi) is 6.77. The summed E-state index contributed by atoms with van der Waals surface area (Å²) in [6.07, 6.45) is 3.38. The van der Waals surface area contributed by atoms with Crippen molar-refractivity contribution in [2.45, 2.75) is 19.8 Å². The Balaban J connectivity index is 2.17. The summed E-state index contributed by atoms with van der Waals surface area (Å²) in [7, 11) is 0. The number of hydrazone groups is 1. The molecule has 0 aromatic heterocycles. The lowest BCUT2D eigenvalue weighted by Crippen LogP contribution is -2.21. The van der Waals surface area contributed by atoms with Crippen LogP contribution in [0.4, 0.5) is 0 Å². The second kappa shape index (κ2) is 9.30. The molecule has 0 heterocycles.